The Hall–Kier alpha value is -1.88. The average Bonchev–Trinajstić information content (AvgIpc) is 2.63. The van der Waals surface area contributed by atoms with E-state index in [0.29, 0.717) is 13.1 Å². The Labute approximate surface area is 137 Å². The van der Waals surface area contributed by atoms with E-state index in [0.717, 1.165) is 44.3 Å². The van der Waals surface area contributed by atoms with Crippen molar-refractivity contribution in [3.8, 4) is 0 Å². The van der Waals surface area contributed by atoms with Crippen molar-refractivity contribution >= 4 is 11.8 Å². The van der Waals surface area contributed by atoms with Crippen LogP contribution < -0.4 is 10.6 Å². The molecule has 0 bridgehead atoms. The van der Waals surface area contributed by atoms with Crippen molar-refractivity contribution < 1.29 is 9.59 Å². The first kappa shape index (κ1) is 16.0. The number of benzene rings is 1. The molecule has 3 rings (SSSR count). The highest BCUT2D eigenvalue weighted by atomic mass is 16.2. The third-order valence-electron chi connectivity index (χ3n) is 4.82. The summed E-state index contributed by atoms with van der Waals surface area (Å²) in [6, 6.07) is 9.60. The fourth-order valence-electron chi connectivity index (χ4n) is 3.38. The van der Waals surface area contributed by atoms with Crippen LogP contribution in [0.2, 0.25) is 0 Å². The molecule has 1 atom stereocenters. The standard InChI is InChI=1S/C18H25N3O2/c22-17(15-7-4-10-19-13-15)20-16-8-11-21(12-9-16)18(23)14-5-2-1-3-6-14/h1-3,5-6,15-16,19H,4,7-13H2,(H,20,22). The first-order chi connectivity index (χ1) is 11.2. The van der Waals surface area contributed by atoms with Gasteiger partial charge in [0.05, 0.1) is 5.92 Å². The van der Waals surface area contributed by atoms with Crippen LogP contribution in [0.15, 0.2) is 30.3 Å². The second-order valence-electron chi connectivity index (χ2n) is 6.48. The molecule has 2 fully saturated rings. The number of hydrogen-bond acceptors (Lipinski definition) is 3. The number of nitrogens with one attached hydrogen (secondary N) is 2. The summed E-state index contributed by atoms with van der Waals surface area (Å²) >= 11 is 0. The summed E-state index contributed by atoms with van der Waals surface area (Å²) in [5.41, 5.74) is 0.739. The van der Waals surface area contributed by atoms with Gasteiger partial charge in [-0.1, -0.05) is 18.2 Å². The van der Waals surface area contributed by atoms with E-state index < -0.39 is 0 Å². The molecular formula is C18H25N3O2. The smallest absolute Gasteiger partial charge is 0.253 e. The lowest BCUT2D eigenvalue weighted by molar-refractivity contribution is -0.126. The number of hydrogen-bond donors (Lipinski definition) is 2. The maximum absolute atomic E-state index is 12.4. The summed E-state index contributed by atoms with van der Waals surface area (Å²) in [4.78, 5) is 26.6. The maximum Gasteiger partial charge on any atom is 0.253 e. The lowest BCUT2D eigenvalue weighted by Gasteiger charge is -2.33. The number of amides is 2. The van der Waals surface area contributed by atoms with Gasteiger partial charge in [-0.25, -0.2) is 0 Å². The summed E-state index contributed by atoms with van der Waals surface area (Å²) in [6.07, 6.45) is 3.72. The normalized spacial score (nSPS) is 22.6. The predicted molar refractivity (Wildman–Crippen MR) is 89.1 cm³/mol. The Balaban J connectivity index is 1.46. The van der Waals surface area contributed by atoms with Crippen molar-refractivity contribution in [3.63, 3.8) is 0 Å². The molecule has 2 N–H and O–H groups in total. The number of carbonyl (C=O) groups excluding carboxylic acids is 2. The third-order valence-corrected chi connectivity index (χ3v) is 4.82. The average molecular weight is 315 g/mol. The van der Waals surface area contributed by atoms with Crippen LogP contribution in [0.25, 0.3) is 0 Å². The molecule has 2 aliphatic heterocycles. The summed E-state index contributed by atoms with van der Waals surface area (Å²) in [5, 5.41) is 6.45. The molecule has 23 heavy (non-hydrogen) atoms. The van der Waals surface area contributed by atoms with Crippen LogP contribution in [0.5, 0.6) is 0 Å². The van der Waals surface area contributed by atoms with Crippen LogP contribution in [-0.2, 0) is 4.79 Å². The second-order valence-corrected chi connectivity index (χ2v) is 6.48. The first-order valence-corrected chi connectivity index (χ1v) is 8.59. The molecule has 2 aliphatic rings. The van der Waals surface area contributed by atoms with Gasteiger partial charge in [-0.05, 0) is 44.4 Å². The van der Waals surface area contributed by atoms with Crippen LogP contribution >= 0.6 is 0 Å². The van der Waals surface area contributed by atoms with Crippen molar-refractivity contribution in [1.82, 2.24) is 15.5 Å². The van der Waals surface area contributed by atoms with Gasteiger partial charge in [0, 0.05) is 31.2 Å². The fraction of sp³-hybridized carbons (Fsp3) is 0.556. The van der Waals surface area contributed by atoms with Crippen molar-refractivity contribution in [2.24, 2.45) is 5.92 Å². The minimum atomic E-state index is 0.0897. The van der Waals surface area contributed by atoms with Gasteiger partial charge in [0.1, 0.15) is 0 Å². The molecule has 5 nitrogen and oxygen atoms in total. The first-order valence-electron chi connectivity index (χ1n) is 8.59. The van der Waals surface area contributed by atoms with E-state index in [1.54, 1.807) is 0 Å². The van der Waals surface area contributed by atoms with Gasteiger partial charge in [0.2, 0.25) is 5.91 Å². The summed E-state index contributed by atoms with van der Waals surface area (Å²) in [7, 11) is 0. The van der Waals surface area contributed by atoms with Crippen LogP contribution in [0.1, 0.15) is 36.0 Å². The molecule has 0 spiro atoms. The van der Waals surface area contributed by atoms with Gasteiger partial charge in [0.15, 0.2) is 0 Å². The molecule has 1 unspecified atom stereocenters. The zero-order valence-corrected chi connectivity index (χ0v) is 13.5. The number of piperidine rings is 2. The van der Waals surface area contributed by atoms with E-state index in [-0.39, 0.29) is 23.8 Å². The molecule has 0 aromatic heterocycles. The number of nitrogens with zero attached hydrogens (tertiary/aromatic N) is 1. The summed E-state index contributed by atoms with van der Waals surface area (Å²) in [6.45, 7) is 3.23. The van der Waals surface area contributed by atoms with Gasteiger partial charge < -0.3 is 15.5 Å². The lowest BCUT2D eigenvalue weighted by atomic mass is 9.97. The topological polar surface area (TPSA) is 61.4 Å². The van der Waals surface area contributed by atoms with Crippen molar-refractivity contribution in [2.75, 3.05) is 26.2 Å². The van der Waals surface area contributed by atoms with E-state index >= 15 is 0 Å². The van der Waals surface area contributed by atoms with Crippen molar-refractivity contribution in [3.05, 3.63) is 35.9 Å². The highest BCUT2D eigenvalue weighted by molar-refractivity contribution is 5.94. The van der Waals surface area contributed by atoms with Crippen LogP contribution in [0.3, 0.4) is 0 Å². The molecule has 2 amide bonds. The number of likely N-dealkylation sites (tertiary alicyclic amines) is 1. The highest BCUT2D eigenvalue weighted by Crippen LogP contribution is 2.16. The predicted octanol–water partition coefficient (Wildman–Crippen LogP) is 1.41. The zero-order valence-electron chi connectivity index (χ0n) is 13.5. The number of rotatable bonds is 3. The Bertz CT molecular complexity index is 532. The second kappa shape index (κ2) is 7.59. The van der Waals surface area contributed by atoms with Crippen LogP contribution in [0, 0.1) is 5.92 Å². The van der Waals surface area contributed by atoms with E-state index in [4.69, 9.17) is 0 Å². The molecule has 1 aromatic carbocycles. The van der Waals surface area contributed by atoms with E-state index in [1.165, 1.54) is 0 Å². The molecule has 0 aliphatic carbocycles. The molecule has 2 heterocycles. The minimum Gasteiger partial charge on any atom is -0.353 e. The van der Waals surface area contributed by atoms with Crippen molar-refractivity contribution in [2.45, 2.75) is 31.7 Å². The van der Waals surface area contributed by atoms with Gasteiger partial charge in [-0.15, -0.1) is 0 Å². The van der Waals surface area contributed by atoms with E-state index in [2.05, 4.69) is 10.6 Å². The van der Waals surface area contributed by atoms with E-state index in [1.807, 2.05) is 35.2 Å². The zero-order chi connectivity index (χ0) is 16.1. The van der Waals surface area contributed by atoms with Crippen molar-refractivity contribution in [1.29, 1.82) is 0 Å². The molecule has 1 aromatic rings. The van der Waals surface area contributed by atoms with Gasteiger partial charge >= 0.3 is 0 Å². The maximum atomic E-state index is 12.4. The van der Waals surface area contributed by atoms with Gasteiger partial charge in [0.25, 0.3) is 5.91 Å². The SMILES string of the molecule is O=C(NC1CCN(C(=O)c2ccccc2)CC1)C1CCCNC1. The van der Waals surface area contributed by atoms with Gasteiger partial charge in [-0.2, -0.15) is 0 Å². The van der Waals surface area contributed by atoms with Crippen LogP contribution in [0.4, 0.5) is 0 Å². The third kappa shape index (κ3) is 4.10. The molecule has 5 heteroatoms. The Morgan fingerprint density at radius 1 is 1.09 bits per heavy atom. The minimum absolute atomic E-state index is 0.0897. The fourth-order valence-corrected chi connectivity index (χ4v) is 3.38. The number of carbonyl (C=O) groups is 2. The highest BCUT2D eigenvalue weighted by Gasteiger charge is 2.27. The monoisotopic (exact) mass is 315 g/mol. The molecular weight excluding hydrogens is 290 g/mol. The molecule has 124 valence electrons. The molecule has 0 radical (unpaired) electrons. The molecule has 2 saturated heterocycles. The molecule has 0 saturated carbocycles. The quantitative estimate of drug-likeness (QED) is 0.886. The van der Waals surface area contributed by atoms with Gasteiger partial charge in [-0.3, -0.25) is 9.59 Å². The lowest BCUT2D eigenvalue weighted by Crippen LogP contribution is -2.49. The van der Waals surface area contributed by atoms with E-state index in [9.17, 15) is 9.59 Å². The Kier molecular flexibility index (Phi) is 5.28. The van der Waals surface area contributed by atoms with Crippen LogP contribution in [-0.4, -0.2) is 48.9 Å². The Morgan fingerprint density at radius 2 is 1.83 bits per heavy atom. The largest absolute Gasteiger partial charge is 0.353 e. The summed E-state index contributed by atoms with van der Waals surface area (Å²) in [5.74, 6) is 0.365. The Morgan fingerprint density at radius 3 is 2.48 bits per heavy atom. The summed E-state index contributed by atoms with van der Waals surface area (Å²) < 4.78 is 0.